The van der Waals surface area contributed by atoms with Gasteiger partial charge in [0.2, 0.25) is 0 Å². The molecule has 0 unspecified atom stereocenters. The second-order valence-electron chi connectivity index (χ2n) is 8.60. The highest BCUT2D eigenvalue weighted by atomic mass is 19.4. The van der Waals surface area contributed by atoms with Crippen molar-refractivity contribution in [2.24, 2.45) is 5.92 Å². The van der Waals surface area contributed by atoms with Crippen molar-refractivity contribution in [1.29, 1.82) is 0 Å². The van der Waals surface area contributed by atoms with Crippen LogP contribution in [0.25, 0.3) is 0 Å². The lowest BCUT2D eigenvalue weighted by molar-refractivity contribution is -0.148. The molecule has 0 aliphatic rings. The predicted molar refractivity (Wildman–Crippen MR) is 120 cm³/mol. The zero-order chi connectivity index (χ0) is 26.8. The van der Waals surface area contributed by atoms with Crippen LogP contribution in [0.3, 0.4) is 0 Å². The van der Waals surface area contributed by atoms with E-state index in [1.807, 2.05) is 0 Å². The largest absolute Gasteiger partial charge is 0.451 e. The second-order valence-corrected chi connectivity index (χ2v) is 8.60. The number of carbonyl (C=O) groups is 1. The molecular formula is C25H32F7NO2. The Bertz CT molecular complexity index is 901. The molecular weight excluding hydrogens is 479 g/mol. The molecule has 3 nitrogen and oxygen atoms in total. The molecule has 1 amide bonds. The van der Waals surface area contributed by atoms with Gasteiger partial charge in [-0.2, -0.15) is 26.3 Å². The number of alkyl halides is 6. The van der Waals surface area contributed by atoms with E-state index in [1.54, 1.807) is 19.9 Å². The minimum absolute atomic E-state index is 0.0279. The highest BCUT2D eigenvalue weighted by Gasteiger charge is 2.44. The van der Waals surface area contributed by atoms with Gasteiger partial charge in [-0.1, -0.05) is 58.6 Å². The van der Waals surface area contributed by atoms with Gasteiger partial charge in [0.1, 0.15) is 11.6 Å². The standard InChI is InChI=1S/C25H32F7NO2/c1-5-6-7-8-9-10-11-12-13-19(23(34)33-15-16(2)3)35-20-14-18(24(27,28)29)22(26)21(17(20)4)25(30,31)32/h11-14,16H,5-10,15H2,1-4H3,(H,33,34)/b12-11+,19-13-. The fraction of sp³-hybridized carbons (Fsp3) is 0.560. The Labute approximate surface area is 201 Å². The topological polar surface area (TPSA) is 38.3 Å². The highest BCUT2D eigenvalue weighted by molar-refractivity contribution is 5.92. The summed E-state index contributed by atoms with van der Waals surface area (Å²) < 4.78 is 99.4. The fourth-order valence-corrected chi connectivity index (χ4v) is 3.15. The number of halogens is 7. The molecule has 0 spiro atoms. The molecule has 0 heterocycles. The van der Waals surface area contributed by atoms with Gasteiger partial charge in [0.15, 0.2) is 5.76 Å². The van der Waals surface area contributed by atoms with Crippen LogP contribution in [0, 0.1) is 18.7 Å². The van der Waals surface area contributed by atoms with E-state index in [0.29, 0.717) is 6.42 Å². The van der Waals surface area contributed by atoms with Crippen LogP contribution in [0.4, 0.5) is 30.7 Å². The minimum Gasteiger partial charge on any atom is -0.451 e. The molecule has 0 aliphatic carbocycles. The summed E-state index contributed by atoms with van der Waals surface area (Å²) in [5.74, 6) is -4.65. The van der Waals surface area contributed by atoms with Crippen molar-refractivity contribution in [2.75, 3.05) is 6.54 Å². The van der Waals surface area contributed by atoms with Crippen molar-refractivity contribution in [3.8, 4) is 5.75 Å². The molecule has 10 heteroatoms. The van der Waals surface area contributed by atoms with E-state index < -0.39 is 52.3 Å². The van der Waals surface area contributed by atoms with Crippen molar-refractivity contribution >= 4 is 5.91 Å². The van der Waals surface area contributed by atoms with Crippen LogP contribution in [-0.2, 0) is 17.1 Å². The molecule has 0 aromatic heterocycles. The first-order valence-corrected chi connectivity index (χ1v) is 11.5. The monoisotopic (exact) mass is 511 g/mol. The summed E-state index contributed by atoms with van der Waals surface area (Å²) >= 11 is 0. The van der Waals surface area contributed by atoms with Gasteiger partial charge < -0.3 is 10.1 Å². The van der Waals surface area contributed by atoms with E-state index in [2.05, 4.69) is 12.2 Å². The number of rotatable bonds is 12. The number of unbranched alkanes of at least 4 members (excludes halogenated alkanes) is 5. The van der Waals surface area contributed by atoms with Crippen molar-refractivity contribution in [1.82, 2.24) is 5.32 Å². The molecule has 1 rings (SSSR count). The number of amides is 1. The van der Waals surface area contributed by atoms with E-state index in [1.165, 1.54) is 12.2 Å². The van der Waals surface area contributed by atoms with Gasteiger partial charge in [-0.05, 0) is 37.8 Å². The molecule has 35 heavy (non-hydrogen) atoms. The van der Waals surface area contributed by atoms with Gasteiger partial charge in [0.05, 0.1) is 11.1 Å². The summed E-state index contributed by atoms with van der Waals surface area (Å²) in [6.45, 7) is 6.69. The summed E-state index contributed by atoms with van der Waals surface area (Å²) in [5, 5.41) is 2.51. The maximum absolute atomic E-state index is 14.2. The molecule has 0 radical (unpaired) electrons. The smallest absolute Gasteiger partial charge is 0.419 e. The fourth-order valence-electron chi connectivity index (χ4n) is 3.15. The highest BCUT2D eigenvalue weighted by Crippen LogP contribution is 2.44. The summed E-state index contributed by atoms with van der Waals surface area (Å²) in [6, 6.07) is 0.140. The molecule has 0 aliphatic heterocycles. The third-order valence-electron chi connectivity index (χ3n) is 5.04. The summed E-state index contributed by atoms with van der Waals surface area (Å²) in [5.41, 5.74) is -5.12. The average Bonchev–Trinajstić information content (AvgIpc) is 2.72. The van der Waals surface area contributed by atoms with Crippen LogP contribution in [0.2, 0.25) is 0 Å². The molecule has 0 saturated heterocycles. The van der Waals surface area contributed by atoms with Crippen molar-refractivity contribution in [3.05, 3.63) is 52.6 Å². The SMILES string of the molecule is CCCCCCC/C=C/C=C(\Oc1cc(C(F)(F)F)c(F)c(C(F)(F)F)c1C)C(=O)NCC(C)C. The van der Waals surface area contributed by atoms with E-state index in [0.717, 1.165) is 39.0 Å². The lowest BCUT2D eigenvalue weighted by atomic mass is 10.0. The normalized spacial score (nSPS) is 13.1. The number of hydrogen-bond acceptors (Lipinski definition) is 2. The van der Waals surface area contributed by atoms with E-state index in [-0.39, 0.29) is 18.5 Å². The molecule has 0 fully saturated rings. The third kappa shape index (κ3) is 9.93. The first-order chi connectivity index (χ1) is 16.2. The van der Waals surface area contributed by atoms with E-state index >= 15 is 0 Å². The van der Waals surface area contributed by atoms with Crippen molar-refractivity contribution < 1.29 is 40.3 Å². The lowest BCUT2D eigenvalue weighted by Gasteiger charge is -2.20. The quantitative estimate of drug-likeness (QED) is 0.101. The van der Waals surface area contributed by atoms with Gasteiger partial charge in [-0.15, -0.1) is 0 Å². The van der Waals surface area contributed by atoms with Gasteiger partial charge in [0.25, 0.3) is 5.91 Å². The summed E-state index contributed by atoms with van der Waals surface area (Å²) in [7, 11) is 0. The van der Waals surface area contributed by atoms with Gasteiger partial charge in [0, 0.05) is 12.1 Å². The summed E-state index contributed by atoms with van der Waals surface area (Å²) in [6.07, 6.45) is -0.586. The Morgan fingerprint density at radius 2 is 1.69 bits per heavy atom. The number of nitrogens with one attached hydrogen (secondary N) is 1. The predicted octanol–water partition coefficient (Wildman–Crippen LogP) is 8.12. The maximum atomic E-state index is 14.2. The zero-order valence-electron chi connectivity index (χ0n) is 20.3. The lowest BCUT2D eigenvalue weighted by Crippen LogP contribution is -2.30. The zero-order valence-corrected chi connectivity index (χ0v) is 20.3. The van der Waals surface area contributed by atoms with Gasteiger partial charge >= 0.3 is 12.4 Å². The van der Waals surface area contributed by atoms with Crippen LogP contribution in [0.1, 0.15) is 76.0 Å². The number of benzene rings is 1. The molecule has 1 aromatic carbocycles. The first kappa shape index (κ1) is 30.5. The Balaban J connectivity index is 3.34. The Morgan fingerprint density at radius 1 is 1.06 bits per heavy atom. The van der Waals surface area contributed by atoms with Crippen molar-refractivity contribution in [2.45, 2.75) is 78.6 Å². The molecule has 0 atom stereocenters. The molecule has 1 aromatic rings. The van der Waals surface area contributed by atoms with Crippen LogP contribution in [0.5, 0.6) is 5.75 Å². The van der Waals surface area contributed by atoms with Crippen LogP contribution in [0.15, 0.2) is 30.1 Å². The number of carbonyl (C=O) groups excluding carboxylic acids is 1. The molecule has 1 N–H and O–H groups in total. The maximum Gasteiger partial charge on any atom is 0.419 e. The first-order valence-electron chi connectivity index (χ1n) is 11.5. The Hall–Kier alpha value is -2.52. The van der Waals surface area contributed by atoms with Gasteiger partial charge in [-0.3, -0.25) is 4.79 Å². The Kier molecular flexibility index (Phi) is 11.8. The van der Waals surface area contributed by atoms with Crippen LogP contribution in [-0.4, -0.2) is 12.5 Å². The molecule has 0 bridgehead atoms. The van der Waals surface area contributed by atoms with Crippen LogP contribution >= 0.6 is 0 Å². The number of ether oxygens (including phenoxy) is 1. The number of hydrogen-bond donors (Lipinski definition) is 1. The van der Waals surface area contributed by atoms with E-state index in [9.17, 15) is 35.5 Å². The molecule has 0 saturated carbocycles. The number of allylic oxidation sites excluding steroid dienone is 3. The Morgan fingerprint density at radius 3 is 2.23 bits per heavy atom. The van der Waals surface area contributed by atoms with Crippen LogP contribution < -0.4 is 10.1 Å². The van der Waals surface area contributed by atoms with Gasteiger partial charge in [-0.25, -0.2) is 4.39 Å². The minimum atomic E-state index is -5.41. The van der Waals surface area contributed by atoms with Crippen molar-refractivity contribution in [3.63, 3.8) is 0 Å². The average molecular weight is 512 g/mol. The van der Waals surface area contributed by atoms with E-state index in [4.69, 9.17) is 4.74 Å². The molecule has 198 valence electrons. The third-order valence-corrected chi connectivity index (χ3v) is 5.04. The summed E-state index contributed by atoms with van der Waals surface area (Å²) in [4.78, 5) is 12.6. The second kappa shape index (κ2) is 13.5.